The predicted molar refractivity (Wildman–Crippen MR) is 81.3 cm³/mol. The topological polar surface area (TPSA) is 76.4 Å². The maximum atomic E-state index is 11.6. The number of nitrogens with zero attached hydrogens (tertiary/aromatic N) is 2. The summed E-state index contributed by atoms with van der Waals surface area (Å²) in [5.41, 5.74) is 0.0937. The van der Waals surface area contributed by atoms with E-state index in [4.69, 9.17) is 4.74 Å². The van der Waals surface area contributed by atoms with E-state index in [0.717, 1.165) is 19.4 Å². The van der Waals surface area contributed by atoms with Crippen LogP contribution in [0.4, 0.5) is 0 Å². The quantitative estimate of drug-likeness (QED) is 0.887. The molecule has 1 aromatic carbocycles. The molecule has 2 N–H and O–H groups in total. The molecule has 1 fully saturated rings. The Morgan fingerprint density at radius 1 is 1.36 bits per heavy atom. The first-order chi connectivity index (χ1) is 10.7. The van der Waals surface area contributed by atoms with E-state index in [1.807, 2.05) is 18.2 Å². The Hall–Kier alpha value is -2.34. The second kappa shape index (κ2) is 6.62. The van der Waals surface area contributed by atoms with Crippen molar-refractivity contribution < 1.29 is 14.6 Å². The van der Waals surface area contributed by atoms with Crippen LogP contribution in [0.25, 0.3) is 0 Å². The van der Waals surface area contributed by atoms with Gasteiger partial charge in [0, 0.05) is 6.04 Å². The molecule has 1 unspecified atom stereocenters. The Labute approximate surface area is 128 Å². The average molecular weight is 301 g/mol. The Kier molecular flexibility index (Phi) is 4.39. The molecule has 2 heterocycles. The fraction of sp³-hybridized carbons (Fsp3) is 0.375. The molecular weight excluding hydrogens is 282 g/mol. The largest absolute Gasteiger partial charge is 0.476 e. The molecule has 0 aliphatic carbocycles. The Morgan fingerprint density at radius 3 is 2.86 bits per heavy atom. The first kappa shape index (κ1) is 14.6. The normalized spacial score (nSPS) is 18.1. The van der Waals surface area contributed by atoms with E-state index in [1.54, 1.807) is 12.1 Å². The van der Waals surface area contributed by atoms with Crippen molar-refractivity contribution in [3.05, 3.63) is 42.2 Å². The van der Waals surface area contributed by atoms with Crippen molar-refractivity contribution in [1.29, 1.82) is 0 Å². The van der Waals surface area contributed by atoms with E-state index in [9.17, 15) is 9.90 Å². The zero-order valence-corrected chi connectivity index (χ0v) is 12.2. The highest BCUT2D eigenvalue weighted by Gasteiger charge is 2.22. The lowest BCUT2D eigenvalue weighted by molar-refractivity contribution is 0.0679. The molecule has 2 aromatic rings. The summed E-state index contributed by atoms with van der Waals surface area (Å²) in [5.74, 6) is -0.158. The Bertz CT molecular complexity index is 633. The third kappa shape index (κ3) is 3.28. The van der Waals surface area contributed by atoms with Gasteiger partial charge in [-0.3, -0.25) is 4.68 Å². The number of aromatic nitrogens is 2. The standard InChI is InChI=1S/C16H19N3O3/c20-16(21)15-14(22-13-7-2-1-3-8-13)10-18-19(15)11-12-6-4-5-9-17-12/h1-3,7-8,10,12,17H,4-6,9,11H2,(H,20,21). The fourth-order valence-corrected chi connectivity index (χ4v) is 2.70. The van der Waals surface area contributed by atoms with Gasteiger partial charge in [0.25, 0.3) is 0 Å². The highest BCUT2D eigenvalue weighted by Crippen LogP contribution is 2.25. The minimum absolute atomic E-state index is 0.0937. The molecule has 0 bridgehead atoms. The third-order valence-corrected chi connectivity index (χ3v) is 3.79. The van der Waals surface area contributed by atoms with Crippen LogP contribution in [0.3, 0.4) is 0 Å². The summed E-state index contributed by atoms with van der Waals surface area (Å²) in [5, 5.41) is 17.1. The van der Waals surface area contributed by atoms with Gasteiger partial charge in [-0.15, -0.1) is 0 Å². The minimum atomic E-state index is -1.03. The molecule has 1 aromatic heterocycles. The molecule has 1 aliphatic heterocycles. The molecule has 116 valence electrons. The van der Waals surface area contributed by atoms with Crippen molar-refractivity contribution in [2.45, 2.75) is 31.8 Å². The summed E-state index contributed by atoms with van der Waals surface area (Å²) in [6.45, 7) is 1.52. The number of aromatic carboxylic acids is 1. The molecule has 22 heavy (non-hydrogen) atoms. The maximum Gasteiger partial charge on any atom is 0.358 e. The average Bonchev–Trinajstić information content (AvgIpc) is 2.92. The summed E-state index contributed by atoms with van der Waals surface area (Å²) in [6, 6.07) is 9.38. The number of piperidine rings is 1. The molecule has 6 heteroatoms. The van der Waals surface area contributed by atoms with Crippen LogP contribution in [0.2, 0.25) is 0 Å². The van der Waals surface area contributed by atoms with E-state index in [2.05, 4.69) is 10.4 Å². The van der Waals surface area contributed by atoms with Crippen molar-refractivity contribution in [2.24, 2.45) is 0 Å². The maximum absolute atomic E-state index is 11.6. The van der Waals surface area contributed by atoms with Crippen molar-refractivity contribution in [3.63, 3.8) is 0 Å². The van der Waals surface area contributed by atoms with Gasteiger partial charge in [-0.2, -0.15) is 5.10 Å². The lowest BCUT2D eigenvalue weighted by Crippen LogP contribution is -2.38. The molecule has 0 spiro atoms. The lowest BCUT2D eigenvalue weighted by Gasteiger charge is -2.23. The summed E-state index contributed by atoms with van der Waals surface area (Å²) in [7, 11) is 0. The van der Waals surface area contributed by atoms with E-state index in [-0.39, 0.29) is 17.5 Å². The number of carbonyl (C=O) groups is 1. The van der Waals surface area contributed by atoms with E-state index >= 15 is 0 Å². The van der Waals surface area contributed by atoms with Gasteiger partial charge in [-0.25, -0.2) is 4.79 Å². The smallest absolute Gasteiger partial charge is 0.358 e. The van der Waals surface area contributed by atoms with Gasteiger partial charge in [0.2, 0.25) is 0 Å². The monoisotopic (exact) mass is 301 g/mol. The number of carboxylic acid groups (broad SMARTS) is 1. The molecule has 0 radical (unpaired) electrons. The fourth-order valence-electron chi connectivity index (χ4n) is 2.70. The highest BCUT2D eigenvalue weighted by molar-refractivity contribution is 5.88. The zero-order chi connectivity index (χ0) is 15.4. The summed E-state index contributed by atoms with van der Waals surface area (Å²) in [6.07, 6.45) is 4.84. The first-order valence-electron chi connectivity index (χ1n) is 7.49. The summed E-state index contributed by atoms with van der Waals surface area (Å²) in [4.78, 5) is 11.6. The Balaban J connectivity index is 1.80. The van der Waals surface area contributed by atoms with Gasteiger partial charge in [0.15, 0.2) is 11.4 Å². The number of hydrogen-bond acceptors (Lipinski definition) is 4. The van der Waals surface area contributed by atoms with Crippen LogP contribution in [0.1, 0.15) is 29.8 Å². The van der Waals surface area contributed by atoms with Crippen molar-refractivity contribution >= 4 is 5.97 Å². The zero-order valence-electron chi connectivity index (χ0n) is 12.2. The Morgan fingerprint density at radius 2 is 2.18 bits per heavy atom. The number of benzene rings is 1. The van der Waals surface area contributed by atoms with E-state index in [1.165, 1.54) is 17.3 Å². The number of carboxylic acids is 1. The highest BCUT2D eigenvalue weighted by atomic mass is 16.5. The lowest BCUT2D eigenvalue weighted by atomic mass is 10.1. The van der Waals surface area contributed by atoms with Crippen molar-refractivity contribution in [3.8, 4) is 11.5 Å². The van der Waals surface area contributed by atoms with Gasteiger partial charge in [0.1, 0.15) is 5.75 Å². The number of hydrogen-bond donors (Lipinski definition) is 2. The van der Waals surface area contributed by atoms with Crippen LogP contribution in [0, 0.1) is 0 Å². The molecule has 6 nitrogen and oxygen atoms in total. The van der Waals surface area contributed by atoms with Crippen LogP contribution in [-0.4, -0.2) is 33.4 Å². The van der Waals surface area contributed by atoms with Crippen LogP contribution in [0.5, 0.6) is 11.5 Å². The molecule has 1 saturated heterocycles. The van der Waals surface area contributed by atoms with Gasteiger partial charge < -0.3 is 15.2 Å². The molecule has 1 aliphatic rings. The number of ether oxygens (including phenoxy) is 1. The SMILES string of the molecule is O=C(O)c1c(Oc2ccccc2)cnn1CC1CCCCN1. The predicted octanol–water partition coefficient (Wildman–Crippen LogP) is 2.52. The number of rotatable bonds is 5. The van der Waals surface area contributed by atoms with Crippen molar-refractivity contribution in [2.75, 3.05) is 6.54 Å². The number of para-hydroxylation sites is 1. The van der Waals surface area contributed by atoms with Gasteiger partial charge in [-0.1, -0.05) is 24.6 Å². The summed E-state index contributed by atoms with van der Waals surface area (Å²) < 4.78 is 7.17. The van der Waals surface area contributed by atoms with Gasteiger partial charge in [-0.05, 0) is 31.5 Å². The first-order valence-corrected chi connectivity index (χ1v) is 7.49. The van der Waals surface area contributed by atoms with Gasteiger partial charge in [0.05, 0.1) is 12.7 Å². The van der Waals surface area contributed by atoms with Crippen molar-refractivity contribution in [1.82, 2.24) is 15.1 Å². The molecular formula is C16H19N3O3. The van der Waals surface area contributed by atoms with Gasteiger partial charge >= 0.3 is 5.97 Å². The van der Waals surface area contributed by atoms with Crippen LogP contribution >= 0.6 is 0 Å². The third-order valence-electron chi connectivity index (χ3n) is 3.79. The van der Waals surface area contributed by atoms with E-state index in [0.29, 0.717) is 12.3 Å². The molecule has 0 saturated carbocycles. The molecule has 0 amide bonds. The van der Waals surface area contributed by atoms with E-state index < -0.39 is 5.97 Å². The second-order valence-electron chi connectivity index (χ2n) is 5.41. The van der Waals surface area contributed by atoms with Crippen LogP contribution in [0.15, 0.2) is 36.5 Å². The second-order valence-corrected chi connectivity index (χ2v) is 5.41. The molecule has 1 atom stereocenters. The minimum Gasteiger partial charge on any atom is -0.476 e. The molecule has 3 rings (SSSR count). The summed E-state index contributed by atoms with van der Waals surface area (Å²) >= 11 is 0. The van der Waals surface area contributed by atoms with Crippen LogP contribution in [-0.2, 0) is 6.54 Å². The number of nitrogens with one attached hydrogen (secondary N) is 1. The van der Waals surface area contributed by atoms with Crippen LogP contribution < -0.4 is 10.1 Å².